The monoisotopic (exact) mass is 529 g/mol. The number of phenolic OH excluding ortho intramolecular Hbond substituents is 1. The first-order valence-corrected chi connectivity index (χ1v) is 12.5. The van der Waals surface area contributed by atoms with Crippen LogP contribution in [0.1, 0.15) is 23.2 Å². The van der Waals surface area contributed by atoms with Crippen molar-refractivity contribution in [1.29, 1.82) is 0 Å². The van der Waals surface area contributed by atoms with E-state index in [1.54, 1.807) is 23.7 Å². The molecule has 0 radical (unpaired) electrons. The van der Waals surface area contributed by atoms with Crippen LogP contribution in [0.2, 0.25) is 0 Å². The number of hydrogen-bond acceptors (Lipinski definition) is 7. The number of ketones is 1. The molecule has 4 aromatic rings. The van der Waals surface area contributed by atoms with Crippen LogP contribution in [0.4, 0.5) is 21.7 Å². The highest BCUT2D eigenvalue weighted by Gasteiger charge is 2.26. The molecule has 39 heavy (non-hydrogen) atoms. The molecule has 0 saturated carbocycles. The molecular formula is C29H29FN6O3. The summed E-state index contributed by atoms with van der Waals surface area (Å²) in [5.74, 6) is -1.94. The maximum atomic E-state index is 13.7. The van der Waals surface area contributed by atoms with Crippen LogP contribution in [-0.4, -0.2) is 57.5 Å². The summed E-state index contributed by atoms with van der Waals surface area (Å²) in [5.41, 5.74) is 3.65. The Labute approximate surface area is 226 Å². The maximum Gasteiger partial charge on any atom is 0.298 e. The smallest absolute Gasteiger partial charge is 0.298 e. The number of halogens is 1. The molecule has 3 heterocycles. The van der Waals surface area contributed by atoms with Gasteiger partial charge in [-0.2, -0.15) is 0 Å². The lowest BCUT2D eigenvalue weighted by Crippen LogP contribution is -2.47. The number of rotatable bonds is 6. The Morgan fingerprint density at radius 3 is 2.38 bits per heavy atom. The molecule has 2 aromatic heterocycles. The van der Waals surface area contributed by atoms with Gasteiger partial charge in [-0.1, -0.05) is 30.3 Å². The second kappa shape index (κ2) is 10.6. The van der Waals surface area contributed by atoms with E-state index in [4.69, 9.17) is 1.37 Å². The van der Waals surface area contributed by atoms with Gasteiger partial charge in [0.2, 0.25) is 5.95 Å². The topological polar surface area (TPSA) is 104 Å². The summed E-state index contributed by atoms with van der Waals surface area (Å²) in [7, 11) is 1.75. The van der Waals surface area contributed by atoms with Crippen molar-refractivity contribution in [2.24, 2.45) is 7.05 Å². The molecule has 9 nitrogen and oxygen atoms in total. The summed E-state index contributed by atoms with van der Waals surface area (Å²) < 4.78 is 23.1. The Morgan fingerprint density at radius 1 is 1.03 bits per heavy atom. The van der Waals surface area contributed by atoms with Gasteiger partial charge < -0.3 is 24.8 Å². The Kier molecular flexibility index (Phi) is 6.66. The number of hydrogen-bond donors (Lipinski definition) is 2. The molecule has 10 heteroatoms. The predicted molar refractivity (Wildman–Crippen MR) is 148 cm³/mol. The Hall–Kier alpha value is -4.73. The lowest BCUT2D eigenvalue weighted by molar-refractivity contribution is -0.112. The van der Waals surface area contributed by atoms with Crippen LogP contribution in [0.15, 0.2) is 60.8 Å². The van der Waals surface area contributed by atoms with Crippen molar-refractivity contribution in [2.75, 3.05) is 41.3 Å². The van der Waals surface area contributed by atoms with Crippen molar-refractivity contribution in [2.45, 2.75) is 13.8 Å². The Bertz CT molecular complexity index is 1580. The zero-order chi connectivity index (χ0) is 28.6. The third-order valence-electron chi connectivity index (χ3n) is 6.95. The zero-order valence-electron chi connectivity index (χ0n) is 22.9. The number of carbonyl (C=O) groups excluding carboxylic acids is 2. The van der Waals surface area contributed by atoms with Crippen LogP contribution in [-0.2, 0) is 11.8 Å². The average molecular weight is 530 g/mol. The number of piperazine rings is 1. The van der Waals surface area contributed by atoms with Crippen molar-refractivity contribution >= 4 is 29.0 Å². The van der Waals surface area contributed by atoms with Crippen LogP contribution in [0.3, 0.4) is 0 Å². The lowest BCUT2D eigenvalue weighted by atomic mass is 10.0. The van der Waals surface area contributed by atoms with Crippen molar-refractivity contribution in [3.63, 3.8) is 0 Å². The molecule has 1 fully saturated rings. The minimum atomic E-state index is -0.803. The molecule has 1 aliphatic heterocycles. The average Bonchev–Trinajstić information content (AvgIpc) is 3.25. The highest BCUT2D eigenvalue weighted by Crippen LogP contribution is 2.32. The summed E-state index contributed by atoms with van der Waals surface area (Å²) in [6, 6.07) is 16.0. The van der Waals surface area contributed by atoms with Gasteiger partial charge in [0.1, 0.15) is 11.4 Å². The normalized spacial score (nSPS) is 13.8. The van der Waals surface area contributed by atoms with Gasteiger partial charge in [-0.25, -0.2) is 14.4 Å². The van der Waals surface area contributed by atoms with Gasteiger partial charge in [-0.15, -0.1) is 0 Å². The molecule has 1 saturated heterocycles. The number of aromatic hydroxyl groups is 1. The molecule has 2 N–H and O–H groups in total. The summed E-state index contributed by atoms with van der Waals surface area (Å²) in [4.78, 5) is 38.2. The van der Waals surface area contributed by atoms with E-state index in [0.29, 0.717) is 49.1 Å². The number of carbonyl (C=O) groups is 2. The van der Waals surface area contributed by atoms with E-state index in [0.717, 1.165) is 11.3 Å². The van der Waals surface area contributed by atoms with Crippen molar-refractivity contribution in [1.82, 2.24) is 14.5 Å². The quantitative estimate of drug-likeness (QED) is 0.286. The zero-order valence-corrected chi connectivity index (χ0v) is 21.9. The molecule has 1 amide bonds. The van der Waals surface area contributed by atoms with Gasteiger partial charge in [0.05, 0.1) is 18.9 Å². The fourth-order valence-electron chi connectivity index (χ4n) is 4.70. The number of aryl methyl sites for hydroxylation is 2. The fraction of sp³-hybridized carbons (Fsp3) is 0.241. The number of nitrogens with one attached hydrogen (secondary N) is 1. The number of aromatic nitrogens is 3. The van der Waals surface area contributed by atoms with E-state index >= 15 is 0 Å². The predicted octanol–water partition coefficient (Wildman–Crippen LogP) is 4.09. The SMILES string of the molecule is [2H]c1nc(N2CCN(c3ccc(NC(=O)C(=O)c4c(-c5ccccc5)cc(C)n4C)cc3O)CC2)nc(C)c1F. The van der Waals surface area contributed by atoms with E-state index < -0.39 is 23.7 Å². The Morgan fingerprint density at radius 2 is 1.72 bits per heavy atom. The second-order valence-electron chi connectivity index (χ2n) is 9.47. The molecule has 0 aliphatic carbocycles. The number of anilines is 3. The Balaban J connectivity index is 1.27. The van der Waals surface area contributed by atoms with Gasteiger partial charge in [0, 0.05) is 56.2 Å². The van der Waals surface area contributed by atoms with E-state index in [1.165, 1.54) is 13.0 Å². The first-order valence-electron chi connectivity index (χ1n) is 13.0. The first kappa shape index (κ1) is 24.6. The molecule has 0 unspecified atom stereocenters. The van der Waals surface area contributed by atoms with Crippen molar-refractivity contribution in [3.8, 4) is 16.9 Å². The fourth-order valence-corrected chi connectivity index (χ4v) is 4.70. The van der Waals surface area contributed by atoms with Crippen LogP contribution >= 0.6 is 0 Å². The second-order valence-corrected chi connectivity index (χ2v) is 9.47. The first-order chi connectivity index (χ1) is 19.1. The minimum Gasteiger partial charge on any atom is -0.506 e. The van der Waals surface area contributed by atoms with E-state index in [1.807, 2.05) is 53.1 Å². The largest absolute Gasteiger partial charge is 0.506 e. The van der Waals surface area contributed by atoms with E-state index in [-0.39, 0.29) is 17.1 Å². The third-order valence-corrected chi connectivity index (χ3v) is 6.95. The molecule has 5 rings (SSSR count). The summed E-state index contributed by atoms with van der Waals surface area (Å²) in [6.45, 7) is 5.45. The van der Waals surface area contributed by atoms with Crippen molar-refractivity contribution < 1.29 is 20.5 Å². The number of benzene rings is 2. The van der Waals surface area contributed by atoms with Crippen LogP contribution < -0.4 is 15.1 Å². The van der Waals surface area contributed by atoms with E-state index in [2.05, 4.69) is 15.3 Å². The molecule has 200 valence electrons. The maximum absolute atomic E-state index is 13.7. The highest BCUT2D eigenvalue weighted by molar-refractivity contribution is 6.47. The molecule has 0 spiro atoms. The third kappa shape index (κ3) is 5.18. The van der Waals surface area contributed by atoms with Gasteiger partial charge >= 0.3 is 0 Å². The van der Waals surface area contributed by atoms with Crippen LogP contribution in [0, 0.1) is 19.7 Å². The molecule has 0 atom stereocenters. The van der Waals surface area contributed by atoms with Gasteiger partial charge in [0.15, 0.2) is 5.82 Å². The molecule has 0 bridgehead atoms. The number of Topliss-reactive ketones (excluding diaryl/α,β-unsaturated/α-hetero) is 1. The van der Waals surface area contributed by atoms with Crippen LogP contribution in [0.25, 0.3) is 11.1 Å². The number of phenols is 1. The minimum absolute atomic E-state index is 0.0410. The standard InChI is InChI=1S/C29H29FN6O3/c1-18-15-22(20-7-5-4-6-8-20)26(34(18)3)27(38)28(39)33-21-9-10-24(25(37)16-21)35-11-13-36(14-12-35)29-31-17-23(30)19(2)32-29/h4-10,15-17,37H,11-14H2,1-3H3,(H,33,39)/i17D. The lowest BCUT2D eigenvalue weighted by Gasteiger charge is -2.36. The van der Waals surface area contributed by atoms with Gasteiger partial charge in [-0.05, 0) is 37.6 Å². The van der Waals surface area contributed by atoms with Crippen molar-refractivity contribution in [3.05, 3.63) is 83.7 Å². The van der Waals surface area contributed by atoms with Crippen LogP contribution in [0.5, 0.6) is 5.75 Å². The van der Waals surface area contributed by atoms with Gasteiger partial charge in [-0.3, -0.25) is 9.59 Å². The summed E-state index contributed by atoms with van der Waals surface area (Å²) in [6.07, 6.45) is -0.433. The molecular weight excluding hydrogens is 499 g/mol. The molecule has 1 aliphatic rings. The summed E-state index contributed by atoms with van der Waals surface area (Å²) >= 11 is 0. The highest BCUT2D eigenvalue weighted by atomic mass is 19.1. The van der Waals surface area contributed by atoms with E-state index in [9.17, 15) is 19.1 Å². The number of amides is 1. The molecule has 2 aromatic carbocycles. The summed E-state index contributed by atoms with van der Waals surface area (Å²) in [5, 5.41) is 13.4. The number of nitrogens with zero attached hydrogens (tertiary/aromatic N) is 5. The van der Waals surface area contributed by atoms with Gasteiger partial charge in [0.25, 0.3) is 11.7 Å².